The lowest BCUT2D eigenvalue weighted by atomic mass is 10.0. The predicted molar refractivity (Wildman–Crippen MR) is 128 cm³/mol. The summed E-state index contributed by atoms with van der Waals surface area (Å²) in [7, 11) is -14.2. The van der Waals surface area contributed by atoms with E-state index in [1.165, 1.54) is 0 Å². The Balaban J connectivity index is 1.52. The molecule has 1 fully saturated rings. The predicted octanol–water partition coefficient (Wildman–Crippen LogP) is 6.99. The molecule has 4 rings (SSSR count). The van der Waals surface area contributed by atoms with Crippen molar-refractivity contribution in [2.24, 2.45) is 0 Å². The van der Waals surface area contributed by atoms with Crippen molar-refractivity contribution in [2.75, 3.05) is 6.54 Å². The lowest BCUT2D eigenvalue weighted by Gasteiger charge is -2.40. The molecule has 2 atom stereocenters. The lowest BCUT2D eigenvalue weighted by molar-refractivity contribution is -0.122. The number of sulfonamides is 1. The van der Waals surface area contributed by atoms with Gasteiger partial charge in [0.05, 0.1) is 22.8 Å². The Morgan fingerprint density at radius 1 is 0.974 bits per heavy atom. The molecule has 1 saturated heterocycles. The first-order valence-corrected chi connectivity index (χ1v) is 14.7. The van der Waals surface area contributed by atoms with Crippen molar-refractivity contribution in [2.45, 2.75) is 41.3 Å². The maximum Gasteiger partial charge on any atom is 0.310 e. The van der Waals surface area contributed by atoms with Crippen LogP contribution in [0.1, 0.15) is 18.4 Å². The molecule has 1 aliphatic heterocycles. The summed E-state index contributed by atoms with van der Waals surface area (Å²) < 4.78 is 133. The average Bonchev–Trinajstić information content (AvgIpc) is 3.25. The van der Waals surface area contributed by atoms with E-state index in [9.17, 15) is 45.8 Å². The maximum absolute atomic E-state index is 14.4. The number of alkyl halides is 1. The first-order chi connectivity index (χ1) is 17.8. The van der Waals surface area contributed by atoms with Crippen LogP contribution in [-0.4, -0.2) is 42.2 Å². The minimum absolute atomic E-state index is 0.0270. The molecular formula is C24H20F8N2O3S2. The highest BCUT2D eigenvalue weighted by Gasteiger charge is 2.65. The van der Waals surface area contributed by atoms with Crippen molar-refractivity contribution in [3.8, 4) is 11.3 Å². The summed E-state index contributed by atoms with van der Waals surface area (Å²) in [6, 6.07) is 5.38. The molecule has 1 aromatic heterocycles. The van der Waals surface area contributed by atoms with Gasteiger partial charge in [-0.2, -0.15) is 4.31 Å². The van der Waals surface area contributed by atoms with E-state index in [2.05, 4.69) is 4.98 Å². The number of carbonyl (C=O) groups excluding carboxylic acids is 1. The summed E-state index contributed by atoms with van der Waals surface area (Å²) in [5.74, 6) is -2.28. The summed E-state index contributed by atoms with van der Waals surface area (Å²) in [5.41, 5.74) is -0.188. The summed E-state index contributed by atoms with van der Waals surface area (Å²) >= 11 is 0. The number of carbonyl (C=O) groups is 1. The molecule has 212 valence electrons. The number of rotatable bonds is 8. The van der Waals surface area contributed by atoms with Crippen LogP contribution in [0.4, 0.5) is 32.6 Å². The summed E-state index contributed by atoms with van der Waals surface area (Å²) in [5, 5.41) is 0. The number of hydrogen-bond acceptors (Lipinski definition) is 4. The van der Waals surface area contributed by atoms with Crippen molar-refractivity contribution in [3.05, 3.63) is 78.0 Å². The van der Waals surface area contributed by atoms with Crippen LogP contribution in [0, 0.1) is 11.6 Å². The molecule has 39 heavy (non-hydrogen) atoms. The smallest absolute Gasteiger partial charge is 0.298 e. The number of pyridine rings is 1. The Morgan fingerprint density at radius 2 is 1.59 bits per heavy atom. The third-order valence-electron chi connectivity index (χ3n) is 6.17. The minimum Gasteiger partial charge on any atom is -0.298 e. The molecule has 0 N–H and O–H groups in total. The van der Waals surface area contributed by atoms with E-state index in [0.717, 1.165) is 48.7 Å². The average molecular weight is 601 g/mol. The Labute approximate surface area is 218 Å². The fourth-order valence-corrected chi connectivity index (χ4v) is 6.49. The number of halogens is 8. The second kappa shape index (κ2) is 9.27. The molecule has 0 amide bonds. The maximum atomic E-state index is 14.4. The fourth-order valence-electron chi connectivity index (χ4n) is 4.19. The summed E-state index contributed by atoms with van der Waals surface area (Å²) in [6.07, 6.45) is -2.04. The van der Waals surface area contributed by atoms with Crippen LogP contribution in [0.25, 0.3) is 11.3 Å². The third kappa shape index (κ3) is 6.41. The van der Waals surface area contributed by atoms with Crippen LogP contribution in [0.2, 0.25) is 0 Å². The molecule has 2 heterocycles. The molecule has 1 aliphatic rings. The van der Waals surface area contributed by atoms with Gasteiger partial charge in [0.25, 0.3) is 0 Å². The van der Waals surface area contributed by atoms with E-state index < -0.39 is 74.2 Å². The Morgan fingerprint density at radius 3 is 2.18 bits per heavy atom. The van der Waals surface area contributed by atoms with E-state index in [4.69, 9.17) is 0 Å². The molecule has 0 spiro atoms. The first-order valence-electron chi connectivity index (χ1n) is 11.3. The topological polar surface area (TPSA) is 67.3 Å². The largest absolute Gasteiger partial charge is 0.310 e. The van der Waals surface area contributed by atoms with Crippen molar-refractivity contribution < 1.29 is 45.8 Å². The SMILES string of the molecule is O=C(CCc1cc(-c2ccc(S(F)(F)(F)(F)F)cc2)ncc1F)[C@@H]1C[C@@H](F)CN1S(=O)(=O)c1ccc(F)cc1. The van der Waals surface area contributed by atoms with Crippen LogP contribution in [-0.2, 0) is 21.2 Å². The number of aryl methyl sites for hydroxylation is 1. The number of aromatic nitrogens is 1. The molecule has 3 aromatic rings. The highest BCUT2D eigenvalue weighted by Crippen LogP contribution is 3.02. The van der Waals surface area contributed by atoms with Gasteiger partial charge in [-0.1, -0.05) is 31.6 Å². The number of hydrogen-bond donors (Lipinski definition) is 0. The van der Waals surface area contributed by atoms with E-state index in [1.807, 2.05) is 0 Å². The zero-order valence-electron chi connectivity index (χ0n) is 19.7. The number of benzene rings is 2. The van der Waals surface area contributed by atoms with Gasteiger partial charge in [-0.25, -0.2) is 21.6 Å². The number of nitrogens with zero attached hydrogens (tertiary/aromatic N) is 2. The van der Waals surface area contributed by atoms with Gasteiger partial charge in [-0.3, -0.25) is 9.78 Å². The number of Topliss-reactive ketones (excluding diaryl/α,β-unsaturated/α-hetero) is 1. The van der Waals surface area contributed by atoms with E-state index in [1.54, 1.807) is 0 Å². The molecule has 0 bridgehead atoms. The fraction of sp³-hybridized carbons (Fsp3) is 0.250. The molecule has 0 saturated carbocycles. The van der Waals surface area contributed by atoms with Crippen LogP contribution in [0.3, 0.4) is 0 Å². The molecule has 2 aromatic carbocycles. The van der Waals surface area contributed by atoms with Gasteiger partial charge >= 0.3 is 10.2 Å². The highest BCUT2D eigenvalue weighted by molar-refractivity contribution is 8.45. The zero-order valence-corrected chi connectivity index (χ0v) is 21.3. The number of ketones is 1. The van der Waals surface area contributed by atoms with Crippen molar-refractivity contribution in [1.82, 2.24) is 9.29 Å². The minimum atomic E-state index is -9.88. The van der Waals surface area contributed by atoms with Crippen LogP contribution in [0.5, 0.6) is 0 Å². The second-order valence-corrected chi connectivity index (χ2v) is 13.3. The molecule has 0 radical (unpaired) electrons. The quantitative estimate of drug-likeness (QED) is 0.262. The molecule has 15 heteroatoms. The Bertz CT molecular complexity index is 1520. The van der Waals surface area contributed by atoms with Gasteiger partial charge in [0.2, 0.25) is 10.0 Å². The first kappa shape index (κ1) is 29.0. The van der Waals surface area contributed by atoms with E-state index >= 15 is 0 Å². The van der Waals surface area contributed by atoms with Crippen molar-refractivity contribution in [1.29, 1.82) is 0 Å². The summed E-state index contributed by atoms with van der Waals surface area (Å²) in [6.45, 7) is -0.598. The van der Waals surface area contributed by atoms with Crippen LogP contribution < -0.4 is 0 Å². The van der Waals surface area contributed by atoms with Gasteiger partial charge in [0.1, 0.15) is 22.7 Å². The lowest BCUT2D eigenvalue weighted by Crippen LogP contribution is -2.40. The molecule has 5 nitrogen and oxygen atoms in total. The van der Waals surface area contributed by atoms with Crippen LogP contribution >= 0.6 is 10.2 Å². The normalized spacial score (nSPS) is 20.4. The van der Waals surface area contributed by atoms with E-state index in [-0.39, 0.29) is 40.3 Å². The highest BCUT2D eigenvalue weighted by atomic mass is 32.5. The Hall–Kier alpha value is -3.04. The standard InChI is InChI=1S/C24H20F8N2O3S2/c25-17-4-6-19(7-5-17)38(36,37)34-14-18(26)12-23(34)24(35)10-3-16-11-22(33-13-21(16)27)15-1-8-20(9-2-15)39(28,29,30,31)32/h1-2,4-9,11,13,18,23H,3,10,12,14H2/t18-,23+/m1/s1. The van der Waals surface area contributed by atoms with Crippen LogP contribution in [0.15, 0.2) is 70.6 Å². The van der Waals surface area contributed by atoms with Crippen molar-refractivity contribution in [3.63, 3.8) is 0 Å². The monoisotopic (exact) mass is 600 g/mol. The van der Waals surface area contributed by atoms with Gasteiger partial charge in [0, 0.05) is 24.9 Å². The Kier molecular flexibility index (Phi) is 6.88. The van der Waals surface area contributed by atoms with Gasteiger partial charge in [-0.15, -0.1) is 0 Å². The summed E-state index contributed by atoms with van der Waals surface area (Å²) in [4.78, 5) is 14.2. The van der Waals surface area contributed by atoms with E-state index in [0.29, 0.717) is 4.31 Å². The molecule has 0 unspecified atom stereocenters. The second-order valence-electron chi connectivity index (χ2n) is 9.00. The van der Waals surface area contributed by atoms with Crippen molar-refractivity contribution >= 4 is 26.0 Å². The van der Waals surface area contributed by atoms with Gasteiger partial charge < -0.3 is 0 Å². The van der Waals surface area contributed by atoms with Gasteiger partial charge in [-0.05, 0) is 54.4 Å². The molecular weight excluding hydrogens is 580 g/mol. The third-order valence-corrected chi connectivity index (χ3v) is 9.22. The molecule has 0 aliphatic carbocycles. The zero-order chi connectivity index (χ0) is 28.9. The van der Waals surface area contributed by atoms with Gasteiger partial charge in [0.15, 0.2) is 5.78 Å².